The van der Waals surface area contributed by atoms with Crippen LogP contribution in [-0.2, 0) is 10.0 Å². The zero-order valence-corrected chi connectivity index (χ0v) is 17.7. The number of nitrogens with zero attached hydrogens (tertiary/aromatic N) is 2. The molecule has 0 spiro atoms. The lowest BCUT2D eigenvalue weighted by Gasteiger charge is -2.12. The van der Waals surface area contributed by atoms with Crippen LogP contribution in [0.1, 0.15) is 11.8 Å². The maximum atomic E-state index is 12.7. The van der Waals surface area contributed by atoms with Gasteiger partial charge in [-0.05, 0) is 42.6 Å². The number of rotatable bonds is 8. The van der Waals surface area contributed by atoms with Crippen molar-refractivity contribution in [2.45, 2.75) is 11.8 Å². The summed E-state index contributed by atoms with van der Waals surface area (Å²) in [4.78, 5) is 11.5. The van der Waals surface area contributed by atoms with Crippen LogP contribution in [0, 0.1) is 10.1 Å². The fourth-order valence-corrected chi connectivity index (χ4v) is 4.31. The molecule has 156 valence electrons. The van der Waals surface area contributed by atoms with Gasteiger partial charge in [-0.25, -0.2) is 8.42 Å². The molecule has 0 saturated carbocycles. The molecule has 0 fully saturated rings. The molecule has 0 saturated heterocycles. The molecule has 0 aliphatic carbocycles. The second-order valence-corrected chi connectivity index (χ2v) is 8.66. The van der Waals surface area contributed by atoms with Gasteiger partial charge in [-0.1, -0.05) is 18.2 Å². The quantitative estimate of drug-likeness (QED) is 0.302. The molecule has 0 aliphatic heterocycles. The minimum atomic E-state index is -4.08. The van der Waals surface area contributed by atoms with Gasteiger partial charge in [0.1, 0.15) is 11.4 Å². The lowest BCUT2D eigenvalue weighted by molar-refractivity contribution is -0.384. The van der Waals surface area contributed by atoms with Gasteiger partial charge in [0.2, 0.25) is 0 Å². The van der Waals surface area contributed by atoms with E-state index in [1.165, 1.54) is 36.6 Å². The zero-order valence-electron chi connectivity index (χ0n) is 16.0. The first-order valence-electron chi connectivity index (χ1n) is 8.60. The highest BCUT2D eigenvalue weighted by atomic mass is 32.2. The van der Waals surface area contributed by atoms with Crippen LogP contribution >= 0.6 is 11.3 Å². The van der Waals surface area contributed by atoms with E-state index in [0.29, 0.717) is 11.5 Å². The highest BCUT2D eigenvalue weighted by Gasteiger charge is 2.22. The standard InChI is InChI=1S/C19H18N4O5S2/c1-13(19-8-5-11-29-19)20-21-15-10-9-14(12-17(15)23(24)25)30(26,27)22-16-6-3-4-7-18(16)28-2/h3-12,21-22H,1-2H3/b20-13-. The summed E-state index contributed by atoms with van der Waals surface area (Å²) in [6.07, 6.45) is 0. The van der Waals surface area contributed by atoms with Crippen LogP contribution in [-0.4, -0.2) is 26.2 Å². The predicted molar refractivity (Wildman–Crippen MR) is 117 cm³/mol. The molecule has 3 aromatic rings. The maximum Gasteiger partial charge on any atom is 0.295 e. The normalized spacial score (nSPS) is 11.7. The number of hydrogen-bond acceptors (Lipinski definition) is 8. The summed E-state index contributed by atoms with van der Waals surface area (Å²) < 4.78 is 33.0. The van der Waals surface area contributed by atoms with E-state index < -0.39 is 20.6 Å². The van der Waals surface area contributed by atoms with Crippen molar-refractivity contribution in [3.05, 3.63) is 75.0 Å². The first-order chi connectivity index (χ1) is 14.3. The molecular weight excluding hydrogens is 428 g/mol. The van der Waals surface area contributed by atoms with Crippen molar-refractivity contribution < 1.29 is 18.1 Å². The van der Waals surface area contributed by atoms with E-state index in [-0.39, 0.29) is 16.3 Å². The molecular formula is C19H18N4O5S2. The summed E-state index contributed by atoms with van der Waals surface area (Å²) in [5, 5.41) is 17.6. The molecule has 0 atom stereocenters. The predicted octanol–water partition coefficient (Wildman–Crippen LogP) is 4.30. The minimum Gasteiger partial charge on any atom is -0.495 e. The van der Waals surface area contributed by atoms with Gasteiger partial charge in [0.05, 0.1) is 28.3 Å². The topological polar surface area (TPSA) is 123 Å². The molecule has 1 heterocycles. The molecule has 11 heteroatoms. The van der Waals surface area contributed by atoms with E-state index in [2.05, 4.69) is 15.2 Å². The van der Waals surface area contributed by atoms with Crippen LogP contribution in [0.5, 0.6) is 5.75 Å². The molecule has 9 nitrogen and oxygen atoms in total. The Morgan fingerprint density at radius 1 is 1.13 bits per heavy atom. The van der Waals surface area contributed by atoms with Crippen molar-refractivity contribution in [3.63, 3.8) is 0 Å². The van der Waals surface area contributed by atoms with E-state index in [9.17, 15) is 18.5 Å². The zero-order chi connectivity index (χ0) is 21.7. The third-order valence-corrected chi connectivity index (χ3v) is 6.39. The van der Waals surface area contributed by atoms with Crippen molar-refractivity contribution in [3.8, 4) is 5.75 Å². The van der Waals surface area contributed by atoms with Crippen LogP contribution in [0.2, 0.25) is 0 Å². The maximum absolute atomic E-state index is 12.7. The molecule has 0 unspecified atom stereocenters. The Labute approximate surface area is 177 Å². The number of nitrogens with one attached hydrogen (secondary N) is 2. The highest BCUT2D eigenvalue weighted by Crippen LogP contribution is 2.30. The molecule has 0 bridgehead atoms. The molecule has 0 aliphatic rings. The SMILES string of the molecule is COc1ccccc1NS(=O)(=O)c1ccc(N/N=C(/C)c2cccs2)c([N+](=O)[O-])c1. The lowest BCUT2D eigenvalue weighted by atomic mass is 10.3. The van der Waals surface area contributed by atoms with Gasteiger partial charge in [0.25, 0.3) is 15.7 Å². The number of hydrogen-bond donors (Lipinski definition) is 2. The largest absolute Gasteiger partial charge is 0.495 e. The number of sulfonamides is 1. The molecule has 1 aromatic heterocycles. The third kappa shape index (κ3) is 4.75. The Balaban J connectivity index is 1.90. The van der Waals surface area contributed by atoms with Crippen LogP contribution in [0.25, 0.3) is 0 Å². The lowest BCUT2D eigenvalue weighted by Crippen LogP contribution is -2.14. The number of ether oxygens (including phenoxy) is 1. The van der Waals surface area contributed by atoms with E-state index in [4.69, 9.17) is 4.74 Å². The second-order valence-electron chi connectivity index (χ2n) is 6.03. The average Bonchev–Trinajstić information content (AvgIpc) is 3.27. The van der Waals surface area contributed by atoms with E-state index in [1.54, 1.807) is 25.1 Å². The van der Waals surface area contributed by atoms with Crippen molar-refractivity contribution >= 4 is 44.1 Å². The first-order valence-corrected chi connectivity index (χ1v) is 11.0. The summed E-state index contributed by atoms with van der Waals surface area (Å²) >= 11 is 1.48. The smallest absolute Gasteiger partial charge is 0.295 e. The number of anilines is 2. The van der Waals surface area contributed by atoms with Crippen LogP contribution in [0.15, 0.2) is 70.0 Å². The monoisotopic (exact) mass is 446 g/mol. The van der Waals surface area contributed by atoms with Gasteiger partial charge in [-0.15, -0.1) is 11.3 Å². The first kappa shape index (κ1) is 21.3. The summed E-state index contributed by atoms with van der Waals surface area (Å²) in [5.41, 5.74) is 3.18. The highest BCUT2D eigenvalue weighted by molar-refractivity contribution is 7.92. The molecule has 0 radical (unpaired) electrons. The van der Waals surface area contributed by atoms with Gasteiger partial charge < -0.3 is 4.74 Å². The number of nitro groups is 1. The molecule has 30 heavy (non-hydrogen) atoms. The van der Waals surface area contributed by atoms with Crippen molar-refractivity contribution in [2.75, 3.05) is 17.3 Å². The summed E-state index contributed by atoms with van der Waals surface area (Å²) in [7, 11) is -2.67. The number of benzene rings is 2. The number of methoxy groups -OCH3 is 1. The Bertz CT molecular complexity index is 1190. The number of nitro benzene ring substituents is 1. The Morgan fingerprint density at radius 2 is 1.90 bits per heavy atom. The van der Waals surface area contributed by atoms with Gasteiger partial charge >= 0.3 is 0 Å². The third-order valence-electron chi connectivity index (χ3n) is 4.05. The number of hydrazone groups is 1. The van der Waals surface area contributed by atoms with Crippen molar-refractivity contribution in [1.82, 2.24) is 0 Å². The minimum absolute atomic E-state index is 0.0761. The van der Waals surface area contributed by atoms with Crippen LogP contribution in [0.4, 0.5) is 17.1 Å². The number of para-hydroxylation sites is 2. The fraction of sp³-hybridized carbons (Fsp3) is 0.105. The van der Waals surface area contributed by atoms with Gasteiger partial charge in [-0.2, -0.15) is 5.10 Å². The Kier molecular flexibility index (Phi) is 6.33. The van der Waals surface area contributed by atoms with E-state index in [0.717, 1.165) is 10.9 Å². The van der Waals surface area contributed by atoms with Gasteiger partial charge in [0.15, 0.2) is 0 Å². The van der Waals surface area contributed by atoms with Gasteiger partial charge in [-0.3, -0.25) is 20.3 Å². The number of thiophene rings is 1. The van der Waals surface area contributed by atoms with Crippen LogP contribution < -0.4 is 14.9 Å². The molecule has 0 amide bonds. The van der Waals surface area contributed by atoms with E-state index in [1.807, 2.05) is 17.5 Å². The van der Waals surface area contributed by atoms with Crippen molar-refractivity contribution in [1.29, 1.82) is 0 Å². The molecule has 2 aromatic carbocycles. The summed E-state index contributed by atoms with van der Waals surface area (Å²) in [5.74, 6) is 0.326. The van der Waals surface area contributed by atoms with Crippen molar-refractivity contribution in [2.24, 2.45) is 5.10 Å². The molecule has 3 rings (SSSR count). The Hall–Kier alpha value is -3.44. The van der Waals surface area contributed by atoms with E-state index >= 15 is 0 Å². The molecule has 2 N–H and O–H groups in total. The summed E-state index contributed by atoms with van der Waals surface area (Å²) in [6.45, 7) is 1.76. The van der Waals surface area contributed by atoms with Crippen LogP contribution in [0.3, 0.4) is 0 Å². The average molecular weight is 447 g/mol. The fourth-order valence-electron chi connectivity index (χ4n) is 2.54. The summed E-state index contributed by atoms with van der Waals surface area (Å²) in [6, 6.07) is 13.8. The van der Waals surface area contributed by atoms with Gasteiger partial charge in [0, 0.05) is 10.9 Å². The second kappa shape index (κ2) is 8.93. The Morgan fingerprint density at radius 3 is 2.57 bits per heavy atom.